The number of hydrogen-bond acceptors (Lipinski definition) is 2. The van der Waals surface area contributed by atoms with Crippen LogP contribution in [-0.4, -0.2) is 5.78 Å². The Morgan fingerprint density at radius 3 is 2.43 bits per heavy atom. The Morgan fingerprint density at radius 2 is 1.71 bits per heavy atom. The zero-order valence-corrected chi connectivity index (χ0v) is 13.6. The number of carbonyl (C=O) groups is 1. The Kier molecular flexibility index (Phi) is 4.58. The van der Waals surface area contributed by atoms with Gasteiger partial charge < -0.3 is 21.4 Å². The van der Waals surface area contributed by atoms with E-state index in [0.717, 1.165) is 28.1 Å². The number of oxazole rings is 1. The number of nitrogens with zero attached hydrogens (tertiary/aromatic N) is 1. The normalized spacial score (nSPS) is 10.4. The van der Waals surface area contributed by atoms with E-state index < -0.39 is 0 Å². The van der Waals surface area contributed by atoms with Crippen LogP contribution in [0.2, 0.25) is 0 Å². The molecule has 21 heavy (non-hydrogen) atoms. The van der Waals surface area contributed by atoms with E-state index >= 15 is 0 Å². The minimum Gasteiger partial charge on any atom is -1.00 e. The molecule has 0 aliphatic carbocycles. The van der Waals surface area contributed by atoms with Gasteiger partial charge in [-0.05, 0) is 13.0 Å². The summed E-state index contributed by atoms with van der Waals surface area (Å²) in [6.07, 6.45) is 0. The van der Waals surface area contributed by atoms with E-state index in [2.05, 4.69) is 0 Å². The van der Waals surface area contributed by atoms with Crippen molar-refractivity contribution in [2.45, 2.75) is 20.4 Å². The van der Waals surface area contributed by atoms with Gasteiger partial charge in [0, 0.05) is 11.6 Å². The highest BCUT2D eigenvalue weighted by atomic mass is 79.9. The van der Waals surface area contributed by atoms with Crippen LogP contribution in [0, 0.1) is 13.8 Å². The highest BCUT2D eigenvalue weighted by molar-refractivity contribution is 5.95. The second-order valence-electron chi connectivity index (χ2n) is 4.96. The third-order valence-electron chi connectivity index (χ3n) is 3.47. The number of benzene rings is 2. The fraction of sp³-hybridized carbons (Fsp3) is 0.176. The summed E-state index contributed by atoms with van der Waals surface area (Å²) in [7, 11) is 0. The Bertz CT molecular complexity index is 775. The summed E-state index contributed by atoms with van der Waals surface area (Å²) >= 11 is 0. The lowest BCUT2D eigenvalue weighted by atomic mass is 10.1. The van der Waals surface area contributed by atoms with Crippen LogP contribution in [0.1, 0.15) is 21.8 Å². The van der Waals surface area contributed by atoms with Gasteiger partial charge in [-0.15, -0.1) is 0 Å². The average Bonchev–Trinajstić information content (AvgIpc) is 2.76. The van der Waals surface area contributed by atoms with Crippen molar-refractivity contribution in [3.8, 4) is 0 Å². The first kappa shape index (κ1) is 15.4. The molecule has 0 bridgehead atoms. The van der Waals surface area contributed by atoms with E-state index in [1.54, 1.807) is 0 Å². The molecule has 0 saturated heterocycles. The SMILES string of the molecule is Cc1ccc(C(=O)C[n+]2c(C)oc3ccccc32)cc1.[Br-]. The summed E-state index contributed by atoms with van der Waals surface area (Å²) in [6, 6.07) is 15.4. The van der Waals surface area contributed by atoms with Crippen molar-refractivity contribution in [2.24, 2.45) is 0 Å². The maximum atomic E-state index is 12.4. The van der Waals surface area contributed by atoms with Crippen molar-refractivity contribution in [3.05, 3.63) is 65.5 Å². The molecule has 0 aliphatic heterocycles. The monoisotopic (exact) mass is 345 g/mol. The molecular formula is C17H16BrNO2. The lowest BCUT2D eigenvalue weighted by Gasteiger charge is -1.98. The van der Waals surface area contributed by atoms with Crippen LogP contribution in [-0.2, 0) is 6.54 Å². The molecule has 3 rings (SSSR count). The molecule has 0 spiro atoms. The van der Waals surface area contributed by atoms with Gasteiger partial charge in [0.25, 0.3) is 5.52 Å². The van der Waals surface area contributed by atoms with Gasteiger partial charge in [-0.2, -0.15) is 4.57 Å². The molecule has 3 aromatic rings. The smallest absolute Gasteiger partial charge is 0.345 e. The van der Waals surface area contributed by atoms with E-state index in [9.17, 15) is 4.79 Å². The largest absolute Gasteiger partial charge is 1.00 e. The molecule has 4 heteroatoms. The number of para-hydroxylation sites is 2. The standard InChI is InChI=1S/C17H16NO2.BrH/c1-12-7-9-14(10-8-12)16(19)11-18-13(2)20-17-6-4-3-5-15(17)18;/h3-10H,11H2,1-2H3;1H/q+1;/p-1. The van der Waals surface area contributed by atoms with Crippen molar-refractivity contribution in [1.29, 1.82) is 0 Å². The molecule has 0 radical (unpaired) electrons. The van der Waals surface area contributed by atoms with Gasteiger partial charge in [0.1, 0.15) is 0 Å². The van der Waals surface area contributed by atoms with Gasteiger partial charge >= 0.3 is 5.89 Å². The third-order valence-corrected chi connectivity index (χ3v) is 3.47. The van der Waals surface area contributed by atoms with Gasteiger partial charge in [-0.3, -0.25) is 4.79 Å². The molecule has 0 amide bonds. The fourth-order valence-electron chi connectivity index (χ4n) is 2.32. The number of halogens is 1. The van der Waals surface area contributed by atoms with Gasteiger partial charge in [-0.25, -0.2) is 0 Å². The molecule has 2 aromatic carbocycles. The first-order chi connectivity index (χ1) is 9.65. The molecule has 0 unspecified atom stereocenters. The number of Topliss-reactive ketones (excluding diaryl/α,β-unsaturated/α-hetero) is 1. The van der Waals surface area contributed by atoms with E-state index in [4.69, 9.17) is 4.42 Å². The molecule has 0 atom stereocenters. The highest BCUT2D eigenvalue weighted by Crippen LogP contribution is 2.13. The second-order valence-corrected chi connectivity index (χ2v) is 4.96. The predicted octanol–water partition coefficient (Wildman–Crippen LogP) is 0.224. The summed E-state index contributed by atoms with van der Waals surface area (Å²) in [6.45, 7) is 4.19. The molecule has 1 aromatic heterocycles. The van der Waals surface area contributed by atoms with E-state index in [1.807, 2.05) is 66.9 Å². The predicted molar refractivity (Wildman–Crippen MR) is 76.7 cm³/mol. The van der Waals surface area contributed by atoms with Crippen LogP contribution in [0.15, 0.2) is 52.9 Å². The number of ketones is 1. The quantitative estimate of drug-likeness (QED) is 0.503. The van der Waals surface area contributed by atoms with Crippen molar-refractivity contribution >= 4 is 16.9 Å². The number of aryl methyl sites for hydroxylation is 2. The maximum absolute atomic E-state index is 12.4. The molecule has 0 N–H and O–H groups in total. The van der Waals surface area contributed by atoms with Crippen LogP contribution < -0.4 is 21.5 Å². The first-order valence-corrected chi connectivity index (χ1v) is 6.63. The number of carbonyl (C=O) groups excluding carboxylic acids is 1. The minimum absolute atomic E-state index is 0. The van der Waals surface area contributed by atoms with Crippen LogP contribution in [0.25, 0.3) is 11.1 Å². The van der Waals surface area contributed by atoms with E-state index in [0.29, 0.717) is 6.54 Å². The molecular weight excluding hydrogens is 330 g/mol. The Morgan fingerprint density at radius 1 is 1.05 bits per heavy atom. The minimum atomic E-state index is 0. The fourth-order valence-corrected chi connectivity index (χ4v) is 2.32. The third kappa shape index (κ3) is 3.05. The Balaban J connectivity index is 0.00000161. The molecule has 1 heterocycles. The number of rotatable bonds is 3. The molecule has 0 fully saturated rings. The van der Waals surface area contributed by atoms with Crippen LogP contribution in [0.5, 0.6) is 0 Å². The number of hydrogen-bond donors (Lipinski definition) is 0. The summed E-state index contributed by atoms with van der Waals surface area (Å²) in [5.74, 6) is 0.830. The van der Waals surface area contributed by atoms with Crippen molar-refractivity contribution in [3.63, 3.8) is 0 Å². The molecule has 3 nitrogen and oxygen atoms in total. The number of fused-ring (bicyclic) bond motifs is 1. The molecule has 108 valence electrons. The van der Waals surface area contributed by atoms with Crippen molar-refractivity contribution in [1.82, 2.24) is 0 Å². The number of aromatic nitrogens is 1. The Labute approximate surface area is 134 Å². The van der Waals surface area contributed by atoms with Gasteiger partial charge in [0.2, 0.25) is 17.9 Å². The highest BCUT2D eigenvalue weighted by Gasteiger charge is 2.22. The first-order valence-electron chi connectivity index (χ1n) is 6.63. The van der Waals surface area contributed by atoms with Crippen LogP contribution in [0.3, 0.4) is 0 Å². The second kappa shape index (κ2) is 6.22. The zero-order chi connectivity index (χ0) is 14.1. The van der Waals surface area contributed by atoms with Crippen LogP contribution in [0.4, 0.5) is 0 Å². The molecule has 0 aliphatic rings. The summed E-state index contributed by atoms with van der Waals surface area (Å²) < 4.78 is 7.58. The van der Waals surface area contributed by atoms with Crippen LogP contribution >= 0.6 is 0 Å². The lowest BCUT2D eigenvalue weighted by molar-refractivity contribution is -0.668. The summed E-state index contributed by atoms with van der Waals surface area (Å²) in [4.78, 5) is 12.4. The lowest BCUT2D eigenvalue weighted by Crippen LogP contribution is -3.00. The summed E-state index contributed by atoms with van der Waals surface area (Å²) in [5, 5.41) is 0. The topological polar surface area (TPSA) is 34.1 Å². The van der Waals surface area contributed by atoms with Gasteiger partial charge in [-0.1, -0.05) is 42.0 Å². The van der Waals surface area contributed by atoms with Crippen molar-refractivity contribution in [2.75, 3.05) is 0 Å². The van der Waals surface area contributed by atoms with E-state index in [1.165, 1.54) is 0 Å². The van der Waals surface area contributed by atoms with Gasteiger partial charge in [0.05, 0.1) is 6.92 Å². The van der Waals surface area contributed by atoms with Crippen molar-refractivity contribution < 1.29 is 30.8 Å². The maximum Gasteiger partial charge on any atom is 0.345 e. The Hall–Kier alpha value is -1.94. The molecule has 0 saturated carbocycles. The summed E-state index contributed by atoms with van der Waals surface area (Å²) in [5.41, 5.74) is 3.64. The van der Waals surface area contributed by atoms with Gasteiger partial charge in [0.15, 0.2) is 0 Å². The van der Waals surface area contributed by atoms with E-state index in [-0.39, 0.29) is 22.8 Å². The average molecular weight is 346 g/mol. The zero-order valence-electron chi connectivity index (χ0n) is 12.0.